The smallest absolute Gasteiger partial charge is 0.225 e. The first-order valence-electron chi connectivity index (χ1n) is 6.76. The van der Waals surface area contributed by atoms with E-state index in [-0.39, 0.29) is 11.9 Å². The Balaban J connectivity index is 1.73. The fourth-order valence-electron chi connectivity index (χ4n) is 2.41. The highest BCUT2D eigenvalue weighted by molar-refractivity contribution is 5.90. The molecule has 2 heterocycles. The standard InChI is InChI=1S/C15H16N4O2/c1-9-4-3-5-12-11(7-16-14(9)12)6-13(20)18-10(2)15-17-8-21-19-15/h3-5,7-8,10,16H,6H2,1-2H3,(H,18,20)/t10-/m1/s1. The Kier molecular flexibility index (Phi) is 3.43. The maximum atomic E-state index is 12.1. The molecule has 3 rings (SSSR count). The number of fused-ring (bicyclic) bond motifs is 1. The Morgan fingerprint density at radius 2 is 2.33 bits per heavy atom. The van der Waals surface area contributed by atoms with E-state index in [9.17, 15) is 4.79 Å². The predicted octanol–water partition coefficient (Wildman–Crippen LogP) is 2.28. The molecule has 2 aromatic heterocycles. The van der Waals surface area contributed by atoms with Crippen LogP contribution in [0.4, 0.5) is 0 Å². The number of benzene rings is 1. The van der Waals surface area contributed by atoms with Crippen LogP contribution in [0.2, 0.25) is 0 Å². The van der Waals surface area contributed by atoms with Crippen LogP contribution in [0, 0.1) is 6.92 Å². The van der Waals surface area contributed by atoms with Crippen LogP contribution in [-0.2, 0) is 11.2 Å². The summed E-state index contributed by atoms with van der Waals surface area (Å²) in [6.45, 7) is 3.86. The average Bonchev–Trinajstić information content (AvgIpc) is 3.09. The summed E-state index contributed by atoms with van der Waals surface area (Å²) in [6.07, 6.45) is 3.45. The van der Waals surface area contributed by atoms with Crippen molar-refractivity contribution in [1.29, 1.82) is 0 Å². The minimum atomic E-state index is -0.275. The first kappa shape index (κ1) is 13.4. The van der Waals surface area contributed by atoms with Crippen molar-refractivity contribution in [3.63, 3.8) is 0 Å². The second-order valence-corrected chi connectivity index (χ2v) is 5.07. The molecule has 1 aromatic carbocycles. The van der Waals surface area contributed by atoms with Crippen LogP contribution >= 0.6 is 0 Å². The Morgan fingerprint density at radius 3 is 3.10 bits per heavy atom. The molecule has 21 heavy (non-hydrogen) atoms. The van der Waals surface area contributed by atoms with Crippen molar-refractivity contribution in [1.82, 2.24) is 20.4 Å². The number of nitrogens with zero attached hydrogens (tertiary/aromatic N) is 2. The van der Waals surface area contributed by atoms with Crippen molar-refractivity contribution in [3.8, 4) is 0 Å². The lowest BCUT2D eigenvalue weighted by molar-refractivity contribution is -0.121. The first-order chi connectivity index (χ1) is 10.1. The highest BCUT2D eigenvalue weighted by Gasteiger charge is 2.15. The van der Waals surface area contributed by atoms with E-state index in [1.807, 2.05) is 38.2 Å². The molecule has 0 unspecified atom stereocenters. The van der Waals surface area contributed by atoms with Crippen LogP contribution in [0.15, 0.2) is 35.3 Å². The van der Waals surface area contributed by atoms with Gasteiger partial charge < -0.3 is 14.8 Å². The van der Waals surface area contributed by atoms with E-state index in [0.717, 1.165) is 16.5 Å². The van der Waals surface area contributed by atoms with Crippen molar-refractivity contribution in [2.75, 3.05) is 0 Å². The third-order valence-electron chi connectivity index (χ3n) is 3.50. The number of carbonyl (C=O) groups is 1. The van der Waals surface area contributed by atoms with Gasteiger partial charge in [-0.1, -0.05) is 23.4 Å². The molecule has 0 saturated carbocycles. The Bertz CT molecular complexity index is 761. The van der Waals surface area contributed by atoms with Crippen LogP contribution in [0.25, 0.3) is 10.9 Å². The number of rotatable bonds is 4. The number of aryl methyl sites for hydroxylation is 1. The van der Waals surface area contributed by atoms with Crippen LogP contribution < -0.4 is 5.32 Å². The van der Waals surface area contributed by atoms with E-state index in [1.54, 1.807) is 0 Å². The second kappa shape index (κ2) is 5.40. The number of nitrogens with one attached hydrogen (secondary N) is 2. The van der Waals surface area contributed by atoms with Crippen LogP contribution in [-0.4, -0.2) is 21.0 Å². The zero-order valence-corrected chi connectivity index (χ0v) is 11.9. The molecule has 0 radical (unpaired) electrons. The number of para-hydroxylation sites is 1. The first-order valence-corrected chi connectivity index (χ1v) is 6.76. The minimum Gasteiger partial charge on any atom is -0.361 e. The number of hydrogen-bond acceptors (Lipinski definition) is 4. The topological polar surface area (TPSA) is 83.8 Å². The molecule has 1 atom stereocenters. The third-order valence-corrected chi connectivity index (χ3v) is 3.50. The summed E-state index contributed by atoms with van der Waals surface area (Å²) >= 11 is 0. The largest absolute Gasteiger partial charge is 0.361 e. The summed E-state index contributed by atoms with van der Waals surface area (Å²) in [7, 11) is 0. The number of amides is 1. The Morgan fingerprint density at radius 1 is 1.48 bits per heavy atom. The van der Waals surface area contributed by atoms with Gasteiger partial charge in [0.15, 0.2) is 5.82 Å². The molecule has 0 aliphatic heterocycles. The molecule has 6 heteroatoms. The van der Waals surface area contributed by atoms with E-state index in [2.05, 4.69) is 25.0 Å². The van der Waals surface area contributed by atoms with E-state index in [4.69, 9.17) is 0 Å². The number of aromatic amines is 1. The van der Waals surface area contributed by atoms with Gasteiger partial charge in [-0.2, -0.15) is 4.98 Å². The molecule has 0 saturated heterocycles. The number of H-pyrrole nitrogens is 1. The van der Waals surface area contributed by atoms with Crippen LogP contribution in [0.1, 0.15) is 29.9 Å². The number of aromatic nitrogens is 3. The SMILES string of the molecule is Cc1cccc2c(CC(=O)N[C@H](C)c3ncon3)c[nH]c12. The highest BCUT2D eigenvalue weighted by atomic mass is 16.5. The van der Waals surface area contributed by atoms with E-state index in [1.165, 1.54) is 12.0 Å². The van der Waals surface area contributed by atoms with Gasteiger partial charge in [0.25, 0.3) is 0 Å². The molecule has 0 bridgehead atoms. The maximum absolute atomic E-state index is 12.1. The van der Waals surface area contributed by atoms with Crippen molar-refractivity contribution in [2.45, 2.75) is 26.3 Å². The quantitative estimate of drug-likeness (QED) is 0.769. The zero-order valence-electron chi connectivity index (χ0n) is 11.9. The fourth-order valence-corrected chi connectivity index (χ4v) is 2.41. The third kappa shape index (κ3) is 2.65. The maximum Gasteiger partial charge on any atom is 0.225 e. The van der Waals surface area contributed by atoms with Gasteiger partial charge in [0.05, 0.1) is 12.5 Å². The van der Waals surface area contributed by atoms with Gasteiger partial charge in [0.1, 0.15) is 0 Å². The molecule has 108 valence electrons. The number of hydrogen-bond donors (Lipinski definition) is 2. The second-order valence-electron chi connectivity index (χ2n) is 5.07. The van der Waals surface area contributed by atoms with Gasteiger partial charge in [0, 0.05) is 17.1 Å². The summed E-state index contributed by atoms with van der Waals surface area (Å²) in [5, 5.41) is 7.66. The lowest BCUT2D eigenvalue weighted by Gasteiger charge is -2.09. The van der Waals surface area contributed by atoms with Gasteiger partial charge >= 0.3 is 0 Å². The lowest BCUT2D eigenvalue weighted by Crippen LogP contribution is -2.28. The van der Waals surface area contributed by atoms with Gasteiger partial charge in [-0.15, -0.1) is 0 Å². The molecular formula is C15H16N4O2. The highest BCUT2D eigenvalue weighted by Crippen LogP contribution is 2.21. The molecule has 6 nitrogen and oxygen atoms in total. The molecule has 1 amide bonds. The molecule has 0 fully saturated rings. The van der Waals surface area contributed by atoms with Crippen molar-refractivity contribution in [2.24, 2.45) is 0 Å². The lowest BCUT2D eigenvalue weighted by atomic mass is 10.1. The Hall–Kier alpha value is -2.63. The molecule has 2 N–H and O–H groups in total. The molecule has 0 aliphatic carbocycles. The monoisotopic (exact) mass is 284 g/mol. The average molecular weight is 284 g/mol. The summed E-state index contributed by atoms with van der Waals surface area (Å²) in [6, 6.07) is 5.78. The van der Waals surface area contributed by atoms with Crippen LogP contribution in [0.3, 0.4) is 0 Å². The van der Waals surface area contributed by atoms with Gasteiger partial charge in [0.2, 0.25) is 12.3 Å². The van der Waals surface area contributed by atoms with E-state index in [0.29, 0.717) is 12.2 Å². The molecule has 0 spiro atoms. The predicted molar refractivity (Wildman–Crippen MR) is 77.6 cm³/mol. The van der Waals surface area contributed by atoms with Crippen LogP contribution in [0.5, 0.6) is 0 Å². The molecule has 0 aliphatic rings. The molecule has 3 aromatic rings. The summed E-state index contributed by atoms with van der Waals surface area (Å²) in [5.41, 5.74) is 3.22. The summed E-state index contributed by atoms with van der Waals surface area (Å²) < 4.78 is 4.68. The van der Waals surface area contributed by atoms with Gasteiger partial charge in [-0.25, -0.2) is 0 Å². The van der Waals surface area contributed by atoms with Gasteiger partial charge in [-0.3, -0.25) is 4.79 Å². The minimum absolute atomic E-state index is 0.0743. The van der Waals surface area contributed by atoms with Crippen molar-refractivity contribution < 1.29 is 9.32 Å². The van der Waals surface area contributed by atoms with E-state index < -0.39 is 0 Å². The normalized spacial score (nSPS) is 12.5. The van der Waals surface area contributed by atoms with Gasteiger partial charge in [-0.05, 0) is 25.0 Å². The zero-order chi connectivity index (χ0) is 14.8. The fraction of sp³-hybridized carbons (Fsp3) is 0.267. The summed E-state index contributed by atoms with van der Waals surface area (Å²) in [4.78, 5) is 19.3. The summed E-state index contributed by atoms with van der Waals surface area (Å²) in [5.74, 6) is 0.396. The molecular weight excluding hydrogens is 268 g/mol. The van der Waals surface area contributed by atoms with E-state index >= 15 is 0 Å². The Labute approximate surface area is 121 Å². The van der Waals surface area contributed by atoms with Crippen molar-refractivity contribution >= 4 is 16.8 Å². The van der Waals surface area contributed by atoms with Crippen molar-refractivity contribution in [3.05, 3.63) is 47.7 Å². The number of carbonyl (C=O) groups excluding carboxylic acids is 1.